The van der Waals surface area contributed by atoms with Crippen LogP contribution in [0, 0.1) is 6.92 Å². The molecule has 108 valence electrons. The van der Waals surface area contributed by atoms with E-state index in [9.17, 15) is 5.11 Å². The summed E-state index contributed by atoms with van der Waals surface area (Å²) in [7, 11) is 0. The standard InChI is InChI=1S/C15H21N3O2/c1-11-3-4-15-16-5-13(18(15)6-11)7-17-8-14(9-19)20-10-12(17)2/h3-6,12,14,19H,7-10H2,1-2H3. The number of aryl methyl sites for hydroxylation is 1. The number of morpholine rings is 1. The van der Waals surface area contributed by atoms with E-state index in [1.54, 1.807) is 0 Å². The zero-order chi connectivity index (χ0) is 14.1. The summed E-state index contributed by atoms with van der Waals surface area (Å²) in [5, 5.41) is 9.26. The molecule has 0 bridgehead atoms. The molecule has 0 aromatic carbocycles. The monoisotopic (exact) mass is 275 g/mol. The van der Waals surface area contributed by atoms with E-state index in [1.165, 1.54) is 11.3 Å². The fourth-order valence-electron chi connectivity index (χ4n) is 2.67. The lowest BCUT2D eigenvalue weighted by molar-refractivity contribution is -0.0809. The molecule has 3 rings (SSSR count). The topological polar surface area (TPSA) is 50.0 Å². The summed E-state index contributed by atoms with van der Waals surface area (Å²) in [5.74, 6) is 0. The van der Waals surface area contributed by atoms with Gasteiger partial charge in [-0.15, -0.1) is 0 Å². The van der Waals surface area contributed by atoms with Gasteiger partial charge < -0.3 is 14.2 Å². The molecule has 0 radical (unpaired) electrons. The van der Waals surface area contributed by atoms with Crippen LogP contribution >= 0.6 is 0 Å². The number of hydrogen-bond acceptors (Lipinski definition) is 4. The summed E-state index contributed by atoms with van der Waals surface area (Å²) in [6.07, 6.45) is 3.98. The second-order valence-electron chi connectivity index (χ2n) is 5.60. The summed E-state index contributed by atoms with van der Waals surface area (Å²) >= 11 is 0. The van der Waals surface area contributed by atoms with E-state index in [2.05, 4.69) is 40.4 Å². The first-order valence-electron chi connectivity index (χ1n) is 7.06. The van der Waals surface area contributed by atoms with Crippen LogP contribution in [0.3, 0.4) is 0 Å². The second kappa shape index (κ2) is 5.52. The SMILES string of the molecule is Cc1ccc2ncc(CN3CC(CO)OCC3C)n2c1. The Labute approximate surface area is 118 Å². The molecule has 1 aliphatic rings. The Kier molecular flexibility index (Phi) is 3.74. The first kappa shape index (κ1) is 13.5. The molecule has 2 aromatic rings. The minimum atomic E-state index is -0.0767. The number of pyridine rings is 1. The minimum Gasteiger partial charge on any atom is -0.394 e. The molecule has 2 unspecified atom stereocenters. The van der Waals surface area contributed by atoms with Crippen LogP contribution in [0.1, 0.15) is 18.2 Å². The van der Waals surface area contributed by atoms with Crippen molar-refractivity contribution in [2.75, 3.05) is 19.8 Å². The highest BCUT2D eigenvalue weighted by Crippen LogP contribution is 2.17. The summed E-state index contributed by atoms with van der Waals surface area (Å²) in [6.45, 7) is 6.57. The Morgan fingerprint density at radius 2 is 2.30 bits per heavy atom. The third-order valence-electron chi connectivity index (χ3n) is 3.93. The zero-order valence-electron chi connectivity index (χ0n) is 12.0. The second-order valence-corrected chi connectivity index (χ2v) is 5.60. The van der Waals surface area contributed by atoms with Crippen molar-refractivity contribution in [3.63, 3.8) is 0 Å². The van der Waals surface area contributed by atoms with Crippen LogP contribution in [0.15, 0.2) is 24.5 Å². The predicted molar refractivity (Wildman–Crippen MR) is 76.6 cm³/mol. The fourth-order valence-corrected chi connectivity index (χ4v) is 2.67. The van der Waals surface area contributed by atoms with Crippen molar-refractivity contribution in [1.82, 2.24) is 14.3 Å². The lowest BCUT2D eigenvalue weighted by Crippen LogP contribution is -2.49. The van der Waals surface area contributed by atoms with Gasteiger partial charge in [-0.1, -0.05) is 6.07 Å². The maximum Gasteiger partial charge on any atom is 0.136 e. The van der Waals surface area contributed by atoms with Crippen LogP contribution in [-0.4, -0.2) is 51.3 Å². The van der Waals surface area contributed by atoms with Gasteiger partial charge in [0.2, 0.25) is 0 Å². The third-order valence-corrected chi connectivity index (χ3v) is 3.93. The van der Waals surface area contributed by atoms with Gasteiger partial charge >= 0.3 is 0 Å². The van der Waals surface area contributed by atoms with Crippen LogP contribution in [0.5, 0.6) is 0 Å². The van der Waals surface area contributed by atoms with Crippen molar-refractivity contribution in [1.29, 1.82) is 0 Å². The number of imidazole rings is 1. The molecule has 0 amide bonds. The Bertz CT molecular complexity index is 596. The molecular formula is C15H21N3O2. The molecule has 3 heterocycles. The molecule has 1 N–H and O–H groups in total. The molecule has 1 aliphatic heterocycles. The van der Waals surface area contributed by atoms with Gasteiger partial charge in [0.25, 0.3) is 0 Å². The predicted octanol–water partition coefficient (Wildman–Crippen LogP) is 1.22. The van der Waals surface area contributed by atoms with Gasteiger partial charge in [-0.05, 0) is 25.5 Å². The number of aromatic nitrogens is 2. The molecule has 0 spiro atoms. The van der Waals surface area contributed by atoms with Crippen molar-refractivity contribution in [2.45, 2.75) is 32.5 Å². The first-order chi connectivity index (χ1) is 9.67. The van der Waals surface area contributed by atoms with Gasteiger partial charge in [0, 0.05) is 25.3 Å². The number of rotatable bonds is 3. The molecule has 0 aliphatic carbocycles. The Hall–Kier alpha value is -1.43. The molecule has 5 heteroatoms. The van der Waals surface area contributed by atoms with Gasteiger partial charge in [0.15, 0.2) is 0 Å². The van der Waals surface area contributed by atoms with Crippen LogP contribution in [0.25, 0.3) is 5.65 Å². The van der Waals surface area contributed by atoms with Gasteiger partial charge in [-0.3, -0.25) is 4.90 Å². The van der Waals surface area contributed by atoms with E-state index < -0.39 is 0 Å². The van der Waals surface area contributed by atoms with Gasteiger partial charge in [0.1, 0.15) is 5.65 Å². The van der Waals surface area contributed by atoms with Crippen molar-refractivity contribution in [3.05, 3.63) is 35.8 Å². The summed E-state index contributed by atoms with van der Waals surface area (Å²) in [6, 6.07) is 4.47. The molecule has 2 atom stereocenters. The van der Waals surface area contributed by atoms with Crippen LogP contribution < -0.4 is 0 Å². The quantitative estimate of drug-likeness (QED) is 0.915. The van der Waals surface area contributed by atoms with Crippen molar-refractivity contribution in [2.24, 2.45) is 0 Å². The van der Waals surface area contributed by atoms with Crippen molar-refractivity contribution in [3.8, 4) is 0 Å². The minimum absolute atomic E-state index is 0.0767. The van der Waals surface area contributed by atoms with Crippen molar-refractivity contribution < 1.29 is 9.84 Å². The molecule has 1 saturated heterocycles. The maximum atomic E-state index is 9.26. The van der Waals surface area contributed by atoms with E-state index in [0.717, 1.165) is 18.7 Å². The lowest BCUT2D eigenvalue weighted by Gasteiger charge is -2.37. The zero-order valence-corrected chi connectivity index (χ0v) is 12.0. The largest absolute Gasteiger partial charge is 0.394 e. The van der Waals surface area contributed by atoms with E-state index in [0.29, 0.717) is 12.6 Å². The highest BCUT2D eigenvalue weighted by molar-refractivity contribution is 5.41. The van der Waals surface area contributed by atoms with Crippen LogP contribution in [0.4, 0.5) is 0 Å². The highest BCUT2D eigenvalue weighted by Gasteiger charge is 2.26. The van der Waals surface area contributed by atoms with E-state index in [4.69, 9.17) is 4.74 Å². The summed E-state index contributed by atoms with van der Waals surface area (Å²) < 4.78 is 7.73. The normalized spacial score (nSPS) is 24.4. The average molecular weight is 275 g/mol. The maximum absolute atomic E-state index is 9.26. The van der Waals surface area contributed by atoms with Gasteiger partial charge in [-0.2, -0.15) is 0 Å². The van der Waals surface area contributed by atoms with Gasteiger partial charge in [-0.25, -0.2) is 4.98 Å². The average Bonchev–Trinajstić information content (AvgIpc) is 2.84. The number of aliphatic hydroxyl groups is 1. The van der Waals surface area contributed by atoms with Crippen LogP contribution in [-0.2, 0) is 11.3 Å². The van der Waals surface area contributed by atoms with E-state index >= 15 is 0 Å². The number of hydrogen-bond donors (Lipinski definition) is 1. The number of nitrogens with zero attached hydrogens (tertiary/aromatic N) is 3. The molecular weight excluding hydrogens is 254 g/mol. The lowest BCUT2D eigenvalue weighted by atomic mass is 10.2. The molecule has 1 fully saturated rings. The fraction of sp³-hybridized carbons (Fsp3) is 0.533. The number of aliphatic hydroxyl groups excluding tert-OH is 1. The Morgan fingerprint density at radius 1 is 1.45 bits per heavy atom. The summed E-state index contributed by atoms with van der Waals surface area (Å²) in [4.78, 5) is 6.79. The first-order valence-corrected chi connectivity index (χ1v) is 7.06. The molecule has 0 saturated carbocycles. The molecule has 20 heavy (non-hydrogen) atoms. The van der Waals surface area contributed by atoms with Crippen molar-refractivity contribution >= 4 is 5.65 Å². The Morgan fingerprint density at radius 3 is 3.10 bits per heavy atom. The molecule has 5 nitrogen and oxygen atoms in total. The van der Waals surface area contributed by atoms with E-state index in [1.807, 2.05) is 12.3 Å². The smallest absolute Gasteiger partial charge is 0.136 e. The van der Waals surface area contributed by atoms with E-state index in [-0.39, 0.29) is 12.7 Å². The summed E-state index contributed by atoms with van der Waals surface area (Å²) in [5.41, 5.74) is 3.37. The number of ether oxygens (including phenoxy) is 1. The third kappa shape index (κ3) is 2.57. The Balaban J connectivity index is 1.83. The highest BCUT2D eigenvalue weighted by atomic mass is 16.5. The van der Waals surface area contributed by atoms with Crippen LogP contribution in [0.2, 0.25) is 0 Å². The number of fused-ring (bicyclic) bond motifs is 1. The molecule has 2 aromatic heterocycles. The van der Waals surface area contributed by atoms with Gasteiger partial charge in [0.05, 0.1) is 31.2 Å².